The van der Waals surface area contributed by atoms with Crippen LogP contribution < -0.4 is 4.72 Å². The Morgan fingerprint density at radius 2 is 1.85 bits per heavy atom. The molecule has 2 heterocycles. The van der Waals surface area contributed by atoms with Crippen molar-refractivity contribution >= 4 is 38.1 Å². The van der Waals surface area contributed by atoms with Crippen molar-refractivity contribution in [1.82, 2.24) is 15.0 Å². The minimum atomic E-state index is -3.75. The molecule has 6 nitrogen and oxygen atoms in total. The lowest BCUT2D eigenvalue weighted by Crippen LogP contribution is -2.15. The highest BCUT2D eigenvalue weighted by molar-refractivity contribution is 7.93. The Labute approximate surface area is 126 Å². The third kappa shape index (κ3) is 3.44. The highest BCUT2D eigenvalue weighted by Gasteiger charge is 2.21. The lowest BCUT2D eigenvalue weighted by molar-refractivity contribution is 0.573. The quantitative estimate of drug-likeness (QED) is 0.873. The van der Waals surface area contributed by atoms with Crippen LogP contribution >= 0.6 is 22.9 Å². The zero-order valence-electron chi connectivity index (χ0n) is 11.1. The summed E-state index contributed by atoms with van der Waals surface area (Å²) in [6, 6.07) is 0. The van der Waals surface area contributed by atoms with Gasteiger partial charge >= 0.3 is 0 Å². The van der Waals surface area contributed by atoms with Crippen LogP contribution in [0.3, 0.4) is 0 Å². The summed E-state index contributed by atoms with van der Waals surface area (Å²) < 4.78 is 26.6. The van der Waals surface area contributed by atoms with Gasteiger partial charge in [-0.25, -0.2) is 23.4 Å². The van der Waals surface area contributed by atoms with E-state index in [1.54, 1.807) is 0 Å². The molecular formula is C11H13ClN4O2S2. The van der Waals surface area contributed by atoms with Gasteiger partial charge in [0.1, 0.15) is 4.90 Å². The number of hydrogen-bond acceptors (Lipinski definition) is 6. The number of rotatable bonds is 3. The second-order valence-corrected chi connectivity index (χ2v) is 7.96. The molecule has 108 valence electrons. The Hall–Kier alpha value is -1.25. The first-order chi connectivity index (χ1) is 9.18. The van der Waals surface area contributed by atoms with E-state index in [9.17, 15) is 8.42 Å². The van der Waals surface area contributed by atoms with E-state index in [0.29, 0.717) is 5.13 Å². The highest BCUT2D eigenvalue weighted by Crippen LogP contribution is 2.27. The number of hydrogen-bond donors (Lipinski definition) is 1. The van der Waals surface area contributed by atoms with E-state index in [4.69, 9.17) is 11.6 Å². The van der Waals surface area contributed by atoms with Gasteiger partial charge in [-0.2, -0.15) is 0 Å². The summed E-state index contributed by atoms with van der Waals surface area (Å²) in [5.74, 6) is 0. The Morgan fingerprint density at radius 1 is 1.25 bits per heavy atom. The molecule has 0 fully saturated rings. The summed E-state index contributed by atoms with van der Waals surface area (Å²) in [5.41, 5.74) is 0.691. The summed E-state index contributed by atoms with van der Waals surface area (Å²) in [4.78, 5) is 11.5. The van der Waals surface area contributed by atoms with E-state index in [2.05, 4.69) is 19.7 Å². The van der Waals surface area contributed by atoms with Crippen molar-refractivity contribution in [3.8, 4) is 0 Å². The van der Waals surface area contributed by atoms with Gasteiger partial charge < -0.3 is 0 Å². The molecule has 2 aromatic rings. The highest BCUT2D eigenvalue weighted by atomic mass is 35.5. The van der Waals surface area contributed by atoms with Gasteiger partial charge in [-0.05, 0) is 11.6 Å². The van der Waals surface area contributed by atoms with E-state index in [0.717, 1.165) is 18.1 Å². The molecule has 2 aromatic heterocycles. The van der Waals surface area contributed by atoms with E-state index >= 15 is 0 Å². The molecule has 0 radical (unpaired) electrons. The molecule has 0 aliphatic carbocycles. The number of nitrogens with zero attached hydrogens (tertiary/aromatic N) is 3. The van der Waals surface area contributed by atoms with Crippen LogP contribution in [0.4, 0.5) is 5.13 Å². The van der Waals surface area contributed by atoms with E-state index < -0.39 is 10.0 Å². The molecule has 0 saturated heterocycles. The van der Waals surface area contributed by atoms with Crippen LogP contribution in [0.15, 0.2) is 22.7 Å². The summed E-state index contributed by atoms with van der Waals surface area (Å²) >= 11 is 6.76. The number of anilines is 1. The van der Waals surface area contributed by atoms with Gasteiger partial charge in [0.15, 0.2) is 5.13 Å². The maximum absolute atomic E-state index is 12.1. The minimum Gasteiger partial charge on any atom is -0.255 e. The van der Waals surface area contributed by atoms with Crippen molar-refractivity contribution in [2.24, 2.45) is 0 Å². The maximum atomic E-state index is 12.1. The molecule has 2 rings (SSSR count). The first-order valence-corrected chi connectivity index (χ1v) is 8.39. The summed E-state index contributed by atoms with van der Waals surface area (Å²) in [6.07, 6.45) is 2.30. The molecular weight excluding hydrogens is 320 g/mol. The lowest BCUT2D eigenvalue weighted by atomic mass is 9.93. The van der Waals surface area contributed by atoms with Crippen molar-refractivity contribution in [2.45, 2.75) is 31.1 Å². The topological polar surface area (TPSA) is 84.8 Å². The second-order valence-electron chi connectivity index (χ2n) is 5.08. The van der Waals surface area contributed by atoms with E-state index in [1.807, 2.05) is 26.2 Å². The van der Waals surface area contributed by atoms with Gasteiger partial charge in [-0.15, -0.1) is 11.3 Å². The molecule has 20 heavy (non-hydrogen) atoms. The Bertz CT molecular complexity index is 705. The van der Waals surface area contributed by atoms with Crippen LogP contribution in [0.5, 0.6) is 0 Å². The molecule has 0 aliphatic rings. The summed E-state index contributed by atoms with van der Waals surface area (Å²) in [6.45, 7) is 6.02. The van der Waals surface area contributed by atoms with Crippen LogP contribution in [-0.4, -0.2) is 23.4 Å². The van der Waals surface area contributed by atoms with Gasteiger partial charge in [0.2, 0.25) is 5.28 Å². The smallest absolute Gasteiger partial charge is 0.255 e. The Morgan fingerprint density at radius 3 is 2.35 bits per heavy atom. The van der Waals surface area contributed by atoms with Crippen LogP contribution in [0.2, 0.25) is 5.28 Å². The standard InChI is InChI=1S/C11H13ClN4O2S2/c1-11(2,3)8-6-19-10(15-8)16-20(17,18)7-4-13-9(12)14-5-7/h4-6H,1-3H3,(H,15,16). The molecule has 0 saturated carbocycles. The number of sulfonamides is 1. The second kappa shape index (κ2) is 5.27. The van der Waals surface area contributed by atoms with Gasteiger partial charge in [-0.1, -0.05) is 20.8 Å². The van der Waals surface area contributed by atoms with Gasteiger partial charge in [0, 0.05) is 10.8 Å². The largest absolute Gasteiger partial charge is 0.266 e. The Balaban J connectivity index is 2.25. The monoisotopic (exact) mass is 332 g/mol. The molecule has 0 aromatic carbocycles. The van der Waals surface area contributed by atoms with Crippen LogP contribution in [0, 0.1) is 0 Å². The minimum absolute atomic E-state index is 0.00628. The van der Waals surface area contributed by atoms with Gasteiger partial charge in [0.25, 0.3) is 10.0 Å². The third-order valence-corrected chi connectivity index (χ3v) is 4.78. The van der Waals surface area contributed by atoms with Crippen LogP contribution in [0.1, 0.15) is 26.5 Å². The van der Waals surface area contributed by atoms with Crippen molar-refractivity contribution in [3.05, 3.63) is 28.8 Å². The third-order valence-electron chi connectivity index (χ3n) is 2.40. The molecule has 0 bridgehead atoms. The zero-order chi connectivity index (χ0) is 15.0. The average molecular weight is 333 g/mol. The molecule has 0 unspecified atom stereocenters. The van der Waals surface area contributed by atoms with E-state index in [-0.39, 0.29) is 15.6 Å². The van der Waals surface area contributed by atoms with Crippen molar-refractivity contribution in [1.29, 1.82) is 0 Å². The number of aromatic nitrogens is 3. The van der Waals surface area contributed by atoms with Gasteiger partial charge in [-0.3, -0.25) is 4.72 Å². The number of thiazole rings is 1. The fraction of sp³-hybridized carbons (Fsp3) is 0.364. The van der Waals surface area contributed by atoms with Crippen LogP contribution in [0.25, 0.3) is 0 Å². The predicted octanol–water partition coefficient (Wildman–Crippen LogP) is 2.68. The summed E-state index contributed by atoms with van der Waals surface area (Å²) in [7, 11) is -3.75. The first-order valence-electron chi connectivity index (χ1n) is 5.65. The zero-order valence-corrected chi connectivity index (χ0v) is 13.5. The number of halogens is 1. The fourth-order valence-corrected chi connectivity index (χ4v) is 3.45. The van der Waals surface area contributed by atoms with Gasteiger partial charge in [0.05, 0.1) is 18.1 Å². The normalized spacial score (nSPS) is 12.4. The fourth-order valence-electron chi connectivity index (χ4n) is 1.28. The lowest BCUT2D eigenvalue weighted by Gasteiger charge is -2.14. The molecule has 1 N–H and O–H groups in total. The molecule has 9 heteroatoms. The Kier molecular flexibility index (Phi) is 3.99. The predicted molar refractivity (Wildman–Crippen MR) is 78.7 cm³/mol. The van der Waals surface area contributed by atoms with E-state index in [1.165, 1.54) is 11.3 Å². The number of nitrogens with one attached hydrogen (secondary N) is 1. The molecule has 0 amide bonds. The maximum Gasteiger partial charge on any atom is 0.266 e. The first kappa shape index (κ1) is 15.1. The molecule has 0 spiro atoms. The van der Waals surface area contributed by atoms with Crippen molar-refractivity contribution in [3.63, 3.8) is 0 Å². The molecule has 0 aliphatic heterocycles. The average Bonchev–Trinajstić information content (AvgIpc) is 2.77. The van der Waals surface area contributed by atoms with Crippen molar-refractivity contribution in [2.75, 3.05) is 4.72 Å². The molecule has 0 atom stereocenters. The van der Waals surface area contributed by atoms with Crippen LogP contribution in [-0.2, 0) is 15.4 Å². The SMILES string of the molecule is CC(C)(C)c1csc(NS(=O)(=O)c2cnc(Cl)nc2)n1. The van der Waals surface area contributed by atoms with Crippen molar-refractivity contribution < 1.29 is 8.42 Å². The summed E-state index contributed by atoms with van der Waals surface area (Å²) in [5, 5.41) is 2.13.